The van der Waals surface area contributed by atoms with E-state index in [0.29, 0.717) is 11.8 Å². The number of aromatic nitrogens is 4. The second-order valence-corrected chi connectivity index (χ2v) is 20.8. The van der Waals surface area contributed by atoms with Crippen LogP contribution in [0.15, 0.2) is 24.5 Å². The molecule has 0 unspecified atom stereocenters. The number of halogens is 2. The summed E-state index contributed by atoms with van der Waals surface area (Å²) in [6.45, 7) is 6.38. The molecule has 0 fully saturated rings. The molecule has 0 saturated heterocycles. The summed E-state index contributed by atoms with van der Waals surface area (Å²) in [5.74, 6) is 1.02. The maximum atomic E-state index is 12.5. The molecule has 0 atom stereocenters. The van der Waals surface area contributed by atoms with E-state index in [1.807, 2.05) is 6.20 Å². The number of nitrogens with zero attached hydrogens (tertiary/aromatic N) is 4. The molecule has 0 aliphatic rings. The summed E-state index contributed by atoms with van der Waals surface area (Å²) in [5, 5.41) is 7.26. The van der Waals surface area contributed by atoms with Crippen LogP contribution in [0, 0.1) is 0 Å². The van der Waals surface area contributed by atoms with Crippen molar-refractivity contribution in [2.45, 2.75) is 85.6 Å². The van der Waals surface area contributed by atoms with Crippen LogP contribution in [-0.4, -0.2) is 44.6 Å². The van der Waals surface area contributed by atoms with Crippen molar-refractivity contribution in [1.82, 2.24) is 19.7 Å². The summed E-state index contributed by atoms with van der Waals surface area (Å²) in [7, 11) is 0. The van der Waals surface area contributed by atoms with Crippen molar-refractivity contribution in [2.75, 3.05) is 5.32 Å². The van der Waals surface area contributed by atoms with Gasteiger partial charge in [-0.25, -0.2) is 0 Å². The van der Waals surface area contributed by atoms with Crippen LogP contribution in [0.2, 0.25) is 13.3 Å². The van der Waals surface area contributed by atoms with E-state index < -0.39 is 31.3 Å². The molecule has 8 heteroatoms. The van der Waals surface area contributed by atoms with Gasteiger partial charge in [0, 0.05) is 0 Å². The Morgan fingerprint density at radius 1 is 1.00 bits per heavy atom. The first kappa shape index (κ1) is 24.0. The predicted octanol–water partition coefficient (Wildman–Crippen LogP) is 5.74. The molecular weight excluding hydrogens is 479 g/mol. The number of nitrogens with one attached hydrogen (secondary N) is 1. The number of alkyl halides is 2. The molecule has 0 bridgehead atoms. The van der Waals surface area contributed by atoms with E-state index in [1.54, 1.807) is 12.3 Å². The third-order valence-electron chi connectivity index (χ3n) is 5.43. The third-order valence-corrected chi connectivity index (χ3v) is 20.5. The zero-order valence-electron chi connectivity index (χ0n) is 18.0. The van der Waals surface area contributed by atoms with Crippen molar-refractivity contribution < 1.29 is 8.78 Å². The van der Waals surface area contributed by atoms with Gasteiger partial charge in [0.2, 0.25) is 0 Å². The number of rotatable bonds is 14. The Bertz CT molecular complexity index is 701. The van der Waals surface area contributed by atoms with Crippen LogP contribution in [0.5, 0.6) is 0 Å². The monoisotopic (exact) mass is 515 g/mol. The standard InChI is InChI=1S/C9H8F2N5.3C4H9.Sn/c10-7(11)6-16-5-2-8(15-16)14-9-12-3-1-4-13-9;3*1-3-4-2;/h1-3,5,7H,6H2,(H,12,13,14,15);3*1,3-4H2,2H3;. The average Bonchev–Trinajstić information content (AvgIpc) is 3.14. The fraction of sp³-hybridized carbons (Fsp3) is 0.667. The number of hydrogen-bond acceptors (Lipinski definition) is 4. The predicted molar refractivity (Wildman–Crippen MR) is 118 cm³/mol. The summed E-state index contributed by atoms with van der Waals surface area (Å²) < 4.78 is 31.6. The Morgan fingerprint density at radius 3 is 2.17 bits per heavy atom. The quantitative estimate of drug-likeness (QED) is 0.327. The van der Waals surface area contributed by atoms with Crippen molar-refractivity contribution in [3.8, 4) is 0 Å². The van der Waals surface area contributed by atoms with Crippen LogP contribution < -0.4 is 9.03 Å². The fourth-order valence-electron chi connectivity index (χ4n) is 3.80. The van der Waals surface area contributed by atoms with Gasteiger partial charge in [-0.2, -0.15) is 0 Å². The Balaban J connectivity index is 2.25. The molecule has 0 amide bonds. The summed E-state index contributed by atoms with van der Waals surface area (Å²) in [6.07, 6.45) is 8.43. The van der Waals surface area contributed by atoms with Gasteiger partial charge in [0.05, 0.1) is 0 Å². The van der Waals surface area contributed by atoms with Crippen LogP contribution >= 0.6 is 0 Å². The fourth-order valence-corrected chi connectivity index (χ4v) is 19.2. The molecule has 1 N–H and O–H groups in total. The van der Waals surface area contributed by atoms with Crippen molar-refractivity contribution in [2.24, 2.45) is 0 Å². The van der Waals surface area contributed by atoms with Crippen LogP contribution in [0.25, 0.3) is 0 Å². The Hall–Kier alpha value is -1.25. The van der Waals surface area contributed by atoms with Gasteiger partial charge >= 0.3 is 178 Å². The van der Waals surface area contributed by atoms with E-state index >= 15 is 0 Å². The molecule has 2 aromatic rings. The third kappa shape index (κ3) is 7.50. The second kappa shape index (κ2) is 12.4. The first-order valence-electron chi connectivity index (χ1n) is 10.9. The molecule has 0 saturated carbocycles. The first-order valence-corrected chi connectivity index (χ1v) is 18.4. The zero-order chi connectivity index (χ0) is 21.1. The first-order chi connectivity index (χ1) is 14.0. The molecule has 2 aromatic heterocycles. The maximum absolute atomic E-state index is 12.5. The van der Waals surface area contributed by atoms with Gasteiger partial charge in [-0.05, 0) is 0 Å². The molecule has 162 valence electrons. The second-order valence-electron chi connectivity index (χ2n) is 7.80. The summed E-state index contributed by atoms with van der Waals surface area (Å²) in [4.78, 5) is 9.32. The summed E-state index contributed by atoms with van der Waals surface area (Å²) in [5.41, 5.74) is 0. The Kier molecular flexibility index (Phi) is 10.3. The van der Waals surface area contributed by atoms with Gasteiger partial charge < -0.3 is 0 Å². The molecule has 0 aromatic carbocycles. The molecule has 0 aliphatic heterocycles. The van der Waals surface area contributed by atoms with Gasteiger partial charge in [-0.15, -0.1) is 0 Å². The minimum absolute atomic E-state index is 0.410. The van der Waals surface area contributed by atoms with Crippen molar-refractivity contribution in [1.29, 1.82) is 0 Å². The molecule has 29 heavy (non-hydrogen) atoms. The van der Waals surface area contributed by atoms with Crippen molar-refractivity contribution in [3.63, 3.8) is 0 Å². The van der Waals surface area contributed by atoms with Crippen LogP contribution in [0.3, 0.4) is 0 Å². The van der Waals surface area contributed by atoms with Gasteiger partial charge in [-0.3, -0.25) is 0 Å². The molecule has 0 radical (unpaired) electrons. The number of hydrogen-bond donors (Lipinski definition) is 1. The average molecular weight is 514 g/mol. The van der Waals surface area contributed by atoms with Gasteiger partial charge in [0.25, 0.3) is 0 Å². The topological polar surface area (TPSA) is 55.6 Å². The molecule has 2 rings (SSSR count). The van der Waals surface area contributed by atoms with Crippen molar-refractivity contribution in [3.05, 3.63) is 24.5 Å². The van der Waals surface area contributed by atoms with Gasteiger partial charge in [-0.1, -0.05) is 0 Å². The van der Waals surface area contributed by atoms with Crippen LogP contribution in [0.1, 0.15) is 59.3 Å². The van der Waals surface area contributed by atoms with Gasteiger partial charge in [0.15, 0.2) is 0 Å². The van der Waals surface area contributed by atoms with Gasteiger partial charge in [0.1, 0.15) is 0 Å². The Morgan fingerprint density at radius 2 is 1.62 bits per heavy atom. The number of unbranched alkanes of at least 4 members (excludes halogenated alkanes) is 3. The molecular formula is C21H35F2N5Sn. The SMILES string of the molecule is CCC[CH2][Sn]([CH2]CCC)([CH2]CCC)[c]1ccnc(Nc2ccn(CC(F)F)n2)n1. The van der Waals surface area contributed by atoms with Crippen LogP contribution in [0.4, 0.5) is 20.5 Å². The summed E-state index contributed by atoms with van der Waals surface area (Å²) >= 11 is -2.63. The summed E-state index contributed by atoms with van der Waals surface area (Å²) in [6, 6.07) is 3.82. The van der Waals surface area contributed by atoms with E-state index in [-0.39, 0.29) is 0 Å². The molecule has 2 heterocycles. The zero-order valence-corrected chi connectivity index (χ0v) is 20.9. The normalized spacial score (nSPS) is 11.9. The van der Waals surface area contributed by atoms with E-state index in [0.717, 1.165) is 0 Å². The minimum atomic E-state index is -2.63. The molecule has 0 aliphatic carbocycles. The van der Waals surface area contributed by atoms with E-state index in [9.17, 15) is 8.78 Å². The van der Waals surface area contributed by atoms with Crippen molar-refractivity contribution >= 4 is 33.9 Å². The van der Waals surface area contributed by atoms with E-state index in [2.05, 4.69) is 42.2 Å². The van der Waals surface area contributed by atoms with Crippen LogP contribution in [-0.2, 0) is 6.54 Å². The molecule has 0 spiro atoms. The van der Waals surface area contributed by atoms with E-state index in [1.165, 1.54) is 60.2 Å². The van der Waals surface area contributed by atoms with E-state index in [4.69, 9.17) is 4.98 Å². The molecule has 5 nitrogen and oxygen atoms in total. The Labute approximate surface area is 177 Å². The number of anilines is 2.